The molecule has 1 saturated heterocycles. The van der Waals surface area contributed by atoms with Gasteiger partial charge in [-0.05, 0) is 45.4 Å². The normalized spacial score (nSPS) is 19.7. The molecule has 2 aromatic heterocycles. The van der Waals surface area contributed by atoms with Crippen molar-refractivity contribution in [3.63, 3.8) is 0 Å². The second-order valence-electron chi connectivity index (χ2n) is 6.42. The van der Waals surface area contributed by atoms with Crippen molar-refractivity contribution in [2.75, 3.05) is 13.1 Å². The zero-order chi connectivity index (χ0) is 15.5. The van der Waals surface area contributed by atoms with Crippen molar-refractivity contribution in [1.82, 2.24) is 19.4 Å². The van der Waals surface area contributed by atoms with Gasteiger partial charge in [-0.1, -0.05) is 13.0 Å². The van der Waals surface area contributed by atoms with Crippen molar-refractivity contribution < 1.29 is 0 Å². The van der Waals surface area contributed by atoms with Gasteiger partial charge in [0.05, 0.1) is 0 Å². The van der Waals surface area contributed by atoms with Gasteiger partial charge in [-0.2, -0.15) is 0 Å². The third-order valence-electron chi connectivity index (χ3n) is 4.64. The molecule has 0 aromatic carbocycles. The van der Waals surface area contributed by atoms with Gasteiger partial charge < -0.3 is 4.90 Å². The minimum Gasteiger partial charge on any atom is -0.300 e. The first-order valence-electron chi connectivity index (χ1n) is 8.42. The van der Waals surface area contributed by atoms with Gasteiger partial charge in [-0.3, -0.25) is 4.57 Å². The van der Waals surface area contributed by atoms with Crippen LogP contribution in [0.3, 0.4) is 0 Å². The molecule has 3 heterocycles. The lowest BCUT2D eigenvalue weighted by Crippen LogP contribution is -2.39. The maximum Gasteiger partial charge on any atom is 0.138 e. The zero-order valence-electron chi connectivity index (χ0n) is 13.9. The summed E-state index contributed by atoms with van der Waals surface area (Å²) in [6, 6.07) is 7.01. The van der Waals surface area contributed by atoms with E-state index in [4.69, 9.17) is 4.98 Å². The standard InChI is InChI=1S/C18H26N4/c1-4-17-19-10-12-22(17)18-9-5-8-16(20-18)15-7-6-11-21(13-15)14(2)3/h5,8-10,12,14-15H,4,6-7,11,13H2,1-3H3/t15-/m1/s1. The number of pyridine rings is 1. The number of aromatic nitrogens is 3. The lowest BCUT2D eigenvalue weighted by Gasteiger charge is -2.35. The number of hydrogen-bond donors (Lipinski definition) is 0. The molecule has 0 unspecified atom stereocenters. The Morgan fingerprint density at radius 1 is 1.32 bits per heavy atom. The van der Waals surface area contributed by atoms with Crippen LogP contribution >= 0.6 is 0 Å². The van der Waals surface area contributed by atoms with E-state index in [1.165, 1.54) is 25.1 Å². The summed E-state index contributed by atoms with van der Waals surface area (Å²) in [5.41, 5.74) is 1.22. The highest BCUT2D eigenvalue weighted by atomic mass is 15.2. The summed E-state index contributed by atoms with van der Waals surface area (Å²) in [6.07, 6.45) is 7.29. The van der Waals surface area contributed by atoms with Crippen molar-refractivity contribution in [2.45, 2.75) is 52.0 Å². The Morgan fingerprint density at radius 2 is 2.18 bits per heavy atom. The van der Waals surface area contributed by atoms with Gasteiger partial charge in [0.1, 0.15) is 11.6 Å². The molecule has 0 radical (unpaired) electrons. The van der Waals surface area contributed by atoms with E-state index in [1.807, 2.05) is 12.4 Å². The largest absolute Gasteiger partial charge is 0.300 e. The van der Waals surface area contributed by atoms with Crippen molar-refractivity contribution >= 4 is 0 Å². The van der Waals surface area contributed by atoms with E-state index in [-0.39, 0.29) is 0 Å². The van der Waals surface area contributed by atoms with E-state index in [0.717, 1.165) is 24.6 Å². The molecule has 1 aliphatic rings. The van der Waals surface area contributed by atoms with Gasteiger partial charge in [0.15, 0.2) is 0 Å². The fourth-order valence-corrected chi connectivity index (χ4v) is 3.32. The highest BCUT2D eigenvalue weighted by Crippen LogP contribution is 2.27. The lowest BCUT2D eigenvalue weighted by atomic mass is 9.93. The summed E-state index contributed by atoms with van der Waals surface area (Å²) >= 11 is 0. The topological polar surface area (TPSA) is 34.0 Å². The Bertz CT molecular complexity index is 617. The summed E-state index contributed by atoms with van der Waals surface area (Å²) in [5.74, 6) is 2.61. The number of imidazole rings is 1. The van der Waals surface area contributed by atoms with Gasteiger partial charge in [0.2, 0.25) is 0 Å². The SMILES string of the molecule is CCc1nccn1-c1cccc([C@@H]2CCCN(C(C)C)C2)n1. The number of piperidine rings is 1. The smallest absolute Gasteiger partial charge is 0.138 e. The van der Waals surface area contributed by atoms with Crippen molar-refractivity contribution in [3.8, 4) is 5.82 Å². The summed E-state index contributed by atoms with van der Waals surface area (Å²) in [5, 5.41) is 0. The fourth-order valence-electron chi connectivity index (χ4n) is 3.32. The fraction of sp³-hybridized carbons (Fsp3) is 0.556. The van der Waals surface area contributed by atoms with E-state index in [1.54, 1.807) is 0 Å². The van der Waals surface area contributed by atoms with Crippen molar-refractivity contribution in [1.29, 1.82) is 0 Å². The number of nitrogens with zero attached hydrogens (tertiary/aromatic N) is 4. The molecule has 1 aliphatic heterocycles. The third-order valence-corrected chi connectivity index (χ3v) is 4.64. The average molecular weight is 298 g/mol. The molecule has 0 aliphatic carbocycles. The maximum absolute atomic E-state index is 4.94. The number of aryl methyl sites for hydroxylation is 1. The van der Waals surface area contributed by atoms with Crippen LogP contribution in [0.5, 0.6) is 0 Å². The second-order valence-corrected chi connectivity index (χ2v) is 6.42. The molecule has 1 atom stereocenters. The first kappa shape index (κ1) is 15.2. The van der Waals surface area contributed by atoms with E-state index < -0.39 is 0 Å². The highest BCUT2D eigenvalue weighted by molar-refractivity contribution is 5.28. The Hall–Kier alpha value is -1.68. The van der Waals surface area contributed by atoms with Gasteiger partial charge >= 0.3 is 0 Å². The van der Waals surface area contributed by atoms with Gasteiger partial charge in [0.25, 0.3) is 0 Å². The molecule has 3 rings (SSSR count). The molecule has 0 spiro atoms. The van der Waals surface area contributed by atoms with Crippen molar-refractivity contribution in [2.24, 2.45) is 0 Å². The lowest BCUT2D eigenvalue weighted by molar-refractivity contribution is 0.166. The van der Waals surface area contributed by atoms with E-state index in [0.29, 0.717) is 12.0 Å². The van der Waals surface area contributed by atoms with Gasteiger partial charge in [0, 0.05) is 43.0 Å². The van der Waals surface area contributed by atoms with Crippen LogP contribution in [0.4, 0.5) is 0 Å². The first-order valence-corrected chi connectivity index (χ1v) is 8.42. The molecular weight excluding hydrogens is 272 g/mol. The molecule has 4 heteroatoms. The third kappa shape index (κ3) is 3.07. The Balaban J connectivity index is 1.85. The van der Waals surface area contributed by atoms with Crippen LogP contribution in [0.25, 0.3) is 5.82 Å². The molecule has 118 valence electrons. The number of hydrogen-bond acceptors (Lipinski definition) is 3. The van der Waals surface area contributed by atoms with Crippen LogP contribution in [-0.4, -0.2) is 38.6 Å². The second kappa shape index (κ2) is 6.61. The molecule has 2 aromatic rings. The zero-order valence-corrected chi connectivity index (χ0v) is 13.9. The minimum absolute atomic E-state index is 0.546. The average Bonchev–Trinajstić information content (AvgIpc) is 3.04. The Morgan fingerprint density at radius 3 is 2.95 bits per heavy atom. The van der Waals surface area contributed by atoms with E-state index in [9.17, 15) is 0 Å². The van der Waals surface area contributed by atoms with Gasteiger partial charge in [-0.25, -0.2) is 9.97 Å². The molecule has 0 saturated carbocycles. The van der Waals surface area contributed by atoms with Gasteiger partial charge in [-0.15, -0.1) is 0 Å². The quantitative estimate of drug-likeness (QED) is 0.867. The van der Waals surface area contributed by atoms with E-state index >= 15 is 0 Å². The molecule has 0 N–H and O–H groups in total. The number of likely N-dealkylation sites (tertiary alicyclic amines) is 1. The monoisotopic (exact) mass is 298 g/mol. The van der Waals surface area contributed by atoms with Crippen molar-refractivity contribution in [3.05, 3.63) is 42.1 Å². The molecule has 22 heavy (non-hydrogen) atoms. The maximum atomic E-state index is 4.94. The molecule has 0 amide bonds. The predicted octanol–water partition coefficient (Wildman–Crippen LogP) is 3.42. The first-order chi connectivity index (χ1) is 10.7. The predicted molar refractivity (Wildman–Crippen MR) is 89.4 cm³/mol. The van der Waals surface area contributed by atoms with Crippen LogP contribution in [0.15, 0.2) is 30.6 Å². The summed E-state index contributed by atoms with van der Waals surface area (Å²) in [6.45, 7) is 9.04. The minimum atomic E-state index is 0.546. The highest BCUT2D eigenvalue weighted by Gasteiger charge is 2.24. The molecule has 4 nitrogen and oxygen atoms in total. The number of rotatable bonds is 4. The van der Waals surface area contributed by atoms with Crippen LogP contribution in [0, 0.1) is 0 Å². The summed E-state index contributed by atoms with van der Waals surface area (Å²) in [7, 11) is 0. The summed E-state index contributed by atoms with van der Waals surface area (Å²) in [4.78, 5) is 11.9. The Labute approximate surface area is 133 Å². The Kier molecular flexibility index (Phi) is 4.57. The van der Waals surface area contributed by atoms with Crippen LogP contribution in [0.1, 0.15) is 51.0 Å². The molecule has 1 fully saturated rings. The van der Waals surface area contributed by atoms with Crippen LogP contribution in [-0.2, 0) is 6.42 Å². The molecule has 0 bridgehead atoms. The van der Waals surface area contributed by atoms with Crippen LogP contribution < -0.4 is 0 Å². The molecular formula is C18H26N4. The van der Waals surface area contributed by atoms with E-state index in [2.05, 4.69) is 53.4 Å². The van der Waals surface area contributed by atoms with Crippen LogP contribution in [0.2, 0.25) is 0 Å². The summed E-state index contributed by atoms with van der Waals surface area (Å²) < 4.78 is 2.10.